The highest BCUT2D eigenvalue weighted by molar-refractivity contribution is 9.10. The van der Waals surface area contributed by atoms with Crippen LogP contribution in [0.2, 0.25) is 0 Å². The van der Waals surface area contributed by atoms with Gasteiger partial charge >= 0.3 is 0 Å². The molecule has 4 nitrogen and oxygen atoms in total. The van der Waals surface area contributed by atoms with Crippen LogP contribution in [0.25, 0.3) is 0 Å². The van der Waals surface area contributed by atoms with E-state index >= 15 is 0 Å². The molecule has 0 unspecified atom stereocenters. The van der Waals surface area contributed by atoms with E-state index in [2.05, 4.69) is 15.9 Å². The van der Waals surface area contributed by atoms with E-state index in [4.69, 9.17) is 9.88 Å². The summed E-state index contributed by atoms with van der Waals surface area (Å²) in [5.41, 5.74) is 0.701. The third-order valence-electron chi connectivity index (χ3n) is 2.60. The molecule has 112 valence electrons. The normalized spacial score (nSPS) is 11.4. The summed E-state index contributed by atoms with van der Waals surface area (Å²) in [4.78, 5) is -0.645. The lowest BCUT2D eigenvalue weighted by atomic mass is 10.2. The maximum atomic E-state index is 13.7. The van der Waals surface area contributed by atoms with E-state index in [1.54, 1.807) is 24.3 Å². The smallest absolute Gasteiger partial charge is 0.238 e. The number of hydrogen-bond acceptors (Lipinski definition) is 3. The quantitative estimate of drug-likeness (QED) is 0.890. The van der Waals surface area contributed by atoms with Crippen molar-refractivity contribution in [2.45, 2.75) is 11.5 Å². The highest BCUT2D eigenvalue weighted by Gasteiger charge is 2.18. The first-order chi connectivity index (χ1) is 9.77. The summed E-state index contributed by atoms with van der Waals surface area (Å²) >= 11 is 3.26. The zero-order valence-electron chi connectivity index (χ0n) is 10.5. The van der Waals surface area contributed by atoms with Crippen LogP contribution in [-0.2, 0) is 16.6 Å². The molecule has 0 aliphatic rings. The van der Waals surface area contributed by atoms with Gasteiger partial charge in [0.1, 0.15) is 6.61 Å². The van der Waals surface area contributed by atoms with Crippen molar-refractivity contribution < 1.29 is 21.9 Å². The van der Waals surface area contributed by atoms with Crippen LogP contribution < -0.4 is 9.88 Å². The second-order valence-corrected chi connectivity index (χ2v) is 6.65. The molecule has 2 rings (SSSR count). The van der Waals surface area contributed by atoms with E-state index in [0.717, 1.165) is 4.47 Å². The molecule has 0 aliphatic heterocycles. The lowest BCUT2D eigenvalue weighted by molar-refractivity contribution is 0.273. The summed E-state index contributed by atoms with van der Waals surface area (Å²) in [6, 6.07) is 8.20. The van der Waals surface area contributed by atoms with Gasteiger partial charge in [-0.05, 0) is 29.8 Å². The average Bonchev–Trinajstić information content (AvgIpc) is 2.38. The number of hydrogen-bond donors (Lipinski definition) is 1. The van der Waals surface area contributed by atoms with Gasteiger partial charge in [-0.3, -0.25) is 0 Å². The van der Waals surface area contributed by atoms with Gasteiger partial charge in [0.15, 0.2) is 17.4 Å². The minimum absolute atomic E-state index is 0.0597. The second kappa shape index (κ2) is 6.08. The predicted molar refractivity (Wildman–Crippen MR) is 76.2 cm³/mol. The number of rotatable bonds is 4. The average molecular weight is 378 g/mol. The topological polar surface area (TPSA) is 69.4 Å². The zero-order chi connectivity index (χ0) is 15.6. The van der Waals surface area contributed by atoms with Crippen molar-refractivity contribution in [2.75, 3.05) is 0 Å². The Bertz CT molecular complexity index is 740. The van der Waals surface area contributed by atoms with Gasteiger partial charge in [-0.25, -0.2) is 22.3 Å². The van der Waals surface area contributed by atoms with Crippen molar-refractivity contribution >= 4 is 26.0 Å². The van der Waals surface area contributed by atoms with Crippen LogP contribution in [0.3, 0.4) is 0 Å². The molecule has 0 saturated heterocycles. The minimum atomic E-state index is -4.18. The van der Waals surface area contributed by atoms with E-state index in [-0.39, 0.29) is 6.61 Å². The largest absolute Gasteiger partial charge is 0.483 e. The summed E-state index contributed by atoms with van der Waals surface area (Å²) in [5, 5.41) is 4.82. The van der Waals surface area contributed by atoms with Crippen LogP contribution in [-0.4, -0.2) is 8.42 Å². The molecule has 2 aromatic carbocycles. The SMILES string of the molecule is NS(=O)(=O)c1cc(F)c(OCc2ccc(Br)cc2)c(F)c1. The molecule has 0 bridgehead atoms. The van der Waals surface area contributed by atoms with Crippen molar-refractivity contribution in [3.05, 3.63) is 58.1 Å². The Morgan fingerprint density at radius 2 is 1.62 bits per heavy atom. The van der Waals surface area contributed by atoms with E-state index in [1.165, 1.54) is 0 Å². The van der Waals surface area contributed by atoms with Gasteiger partial charge in [-0.15, -0.1) is 0 Å². The van der Waals surface area contributed by atoms with Gasteiger partial charge in [-0.2, -0.15) is 0 Å². The molecule has 0 amide bonds. The van der Waals surface area contributed by atoms with E-state index in [0.29, 0.717) is 17.7 Å². The monoisotopic (exact) mass is 377 g/mol. The molecule has 0 fully saturated rings. The molecule has 21 heavy (non-hydrogen) atoms. The van der Waals surface area contributed by atoms with Crippen molar-refractivity contribution in [3.63, 3.8) is 0 Å². The molecule has 0 atom stereocenters. The van der Waals surface area contributed by atoms with Gasteiger partial charge in [-0.1, -0.05) is 28.1 Å². The Labute approximate surface area is 128 Å². The summed E-state index contributed by atoms with van der Waals surface area (Å²) in [7, 11) is -4.18. The molecule has 2 aromatic rings. The summed E-state index contributed by atoms with van der Waals surface area (Å²) < 4.78 is 55.5. The number of ether oxygens (including phenoxy) is 1. The zero-order valence-corrected chi connectivity index (χ0v) is 12.9. The van der Waals surface area contributed by atoms with Crippen LogP contribution in [0, 0.1) is 11.6 Å². The molecule has 0 aromatic heterocycles. The Kier molecular flexibility index (Phi) is 4.60. The minimum Gasteiger partial charge on any atom is -0.483 e. The maximum absolute atomic E-state index is 13.7. The molecular weight excluding hydrogens is 368 g/mol. The van der Waals surface area contributed by atoms with Crippen LogP contribution in [0.1, 0.15) is 5.56 Å². The van der Waals surface area contributed by atoms with Crippen LogP contribution in [0.5, 0.6) is 5.75 Å². The van der Waals surface area contributed by atoms with Crippen molar-refractivity contribution in [2.24, 2.45) is 5.14 Å². The summed E-state index contributed by atoms with van der Waals surface area (Å²) in [6.45, 7) is -0.0597. The maximum Gasteiger partial charge on any atom is 0.238 e. The third-order valence-corrected chi connectivity index (χ3v) is 4.02. The number of benzene rings is 2. The Morgan fingerprint density at radius 1 is 1.10 bits per heavy atom. The molecular formula is C13H10BrF2NO3S. The predicted octanol–water partition coefficient (Wildman–Crippen LogP) is 2.95. The molecule has 0 heterocycles. The first kappa shape index (κ1) is 15.9. The molecule has 8 heteroatoms. The Hall–Kier alpha value is -1.51. The Balaban J connectivity index is 2.23. The first-order valence-electron chi connectivity index (χ1n) is 5.66. The van der Waals surface area contributed by atoms with E-state index in [1.807, 2.05) is 0 Å². The second-order valence-electron chi connectivity index (χ2n) is 4.18. The van der Waals surface area contributed by atoms with Crippen LogP contribution in [0.4, 0.5) is 8.78 Å². The van der Waals surface area contributed by atoms with Gasteiger partial charge in [0, 0.05) is 4.47 Å². The van der Waals surface area contributed by atoms with Crippen LogP contribution >= 0.6 is 15.9 Å². The molecule has 0 aliphatic carbocycles. The van der Waals surface area contributed by atoms with Crippen molar-refractivity contribution in [1.82, 2.24) is 0 Å². The number of primary sulfonamides is 1. The van der Waals surface area contributed by atoms with Crippen molar-refractivity contribution in [1.29, 1.82) is 0 Å². The van der Waals surface area contributed by atoms with Crippen molar-refractivity contribution in [3.8, 4) is 5.75 Å². The number of sulfonamides is 1. The first-order valence-corrected chi connectivity index (χ1v) is 8.00. The van der Waals surface area contributed by atoms with Gasteiger partial charge in [0.25, 0.3) is 0 Å². The fraction of sp³-hybridized carbons (Fsp3) is 0.0769. The fourth-order valence-corrected chi connectivity index (χ4v) is 2.37. The van der Waals surface area contributed by atoms with Gasteiger partial charge < -0.3 is 4.74 Å². The van der Waals surface area contributed by atoms with Crippen LogP contribution in [0.15, 0.2) is 45.8 Å². The fourth-order valence-electron chi connectivity index (χ4n) is 1.57. The standard InChI is InChI=1S/C13H10BrF2NO3S/c14-9-3-1-8(2-4-9)7-20-13-11(15)5-10(6-12(13)16)21(17,18)19/h1-6H,7H2,(H2,17,18,19). The highest BCUT2D eigenvalue weighted by Crippen LogP contribution is 2.26. The lowest BCUT2D eigenvalue weighted by Gasteiger charge is -2.09. The molecule has 0 spiro atoms. The number of nitrogens with two attached hydrogens (primary N) is 1. The summed E-state index contributed by atoms with van der Waals surface area (Å²) in [6.07, 6.45) is 0. The van der Waals surface area contributed by atoms with E-state index < -0.39 is 32.3 Å². The highest BCUT2D eigenvalue weighted by atomic mass is 79.9. The Morgan fingerprint density at radius 3 is 2.10 bits per heavy atom. The lowest BCUT2D eigenvalue weighted by Crippen LogP contribution is -2.13. The molecule has 0 radical (unpaired) electrons. The molecule has 2 N–H and O–H groups in total. The summed E-state index contributed by atoms with van der Waals surface area (Å²) in [5.74, 6) is -2.91. The van der Waals surface area contributed by atoms with E-state index in [9.17, 15) is 17.2 Å². The van der Waals surface area contributed by atoms with Gasteiger partial charge in [0.2, 0.25) is 10.0 Å². The molecule has 0 saturated carbocycles. The number of halogens is 3. The van der Waals surface area contributed by atoms with Gasteiger partial charge in [0.05, 0.1) is 4.90 Å². The third kappa shape index (κ3) is 3.99.